The van der Waals surface area contributed by atoms with Gasteiger partial charge in [0.1, 0.15) is 0 Å². The molecule has 0 atom stereocenters. The Morgan fingerprint density at radius 2 is 1.86 bits per heavy atom. The topological polar surface area (TPSA) is 46.0 Å². The van der Waals surface area contributed by atoms with Gasteiger partial charge in [-0.15, -0.1) is 0 Å². The minimum Gasteiger partial charge on any atom is -0.345 e. The number of nitrogens with zero attached hydrogens (tertiary/aromatic N) is 4. The summed E-state index contributed by atoms with van der Waals surface area (Å²) in [7, 11) is 0. The van der Waals surface area contributed by atoms with Crippen molar-refractivity contribution >= 4 is 39.1 Å². The van der Waals surface area contributed by atoms with Crippen LogP contribution in [0.2, 0.25) is 5.15 Å². The third-order valence-electron chi connectivity index (χ3n) is 5.69. The fourth-order valence-electron chi connectivity index (χ4n) is 4.07. The highest BCUT2D eigenvalue weighted by molar-refractivity contribution is 7.19. The maximum Gasteiger partial charge on any atom is 0.187 e. The van der Waals surface area contributed by atoms with Gasteiger partial charge in [-0.25, -0.2) is 9.97 Å². The molecule has 28 heavy (non-hydrogen) atoms. The van der Waals surface area contributed by atoms with Gasteiger partial charge in [0.05, 0.1) is 21.6 Å². The number of hydrogen-bond acceptors (Lipinski definition) is 5. The van der Waals surface area contributed by atoms with Crippen LogP contribution in [0.4, 0.5) is 5.13 Å². The number of nitrogens with one attached hydrogen (secondary N) is 1. The molecule has 4 heterocycles. The second-order valence-corrected chi connectivity index (χ2v) is 8.90. The van der Waals surface area contributed by atoms with Crippen LogP contribution in [0, 0.1) is 13.8 Å². The molecule has 1 fully saturated rings. The molecule has 0 saturated carbocycles. The molecule has 3 aromatic heterocycles. The van der Waals surface area contributed by atoms with Gasteiger partial charge in [-0.1, -0.05) is 36.8 Å². The van der Waals surface area contributed by atoms with E-state index in [9.17, 15) is 0 Å². The first-order chi connectivity index (χ1) is 13.5. The number of pyridine rings is 1. The van der Waals surface area contributed by atoms with E-state index in [0.29, 0.717) is 11.2 Å². The van der Waals surface area contributed by atoms with Crippen LogP contribution < -0.4 is 10.2 Å². The second-order valence-electron chi connectivity index (χ2n) is 7.56. The van der Waals surface area contributed by atoms with E-state index in [2.05, 4.69) is 59.7 Å². The van der Waals surface area contributed by atoms with Crippen LogP contribution in [0.25, 0.3) is 21.6 Å². The summed E-state index contributed by atoms with van der Waals surface area (Å²) in [6.07, 6.45) is 4.49. The molecule has 0 spiro atoms. The SMILES string of the molecule is CCC(CC)n1cc(C)c2nc(-c3sc(N4CCNCC4)nc3Cl)c(C)cc21. The molecule has 0 radical (unpaired) electrons. The molecular weight excluding hydrogens is 390 g/mol. The van der Waals surface area contributed by atoms with Gasteiger partial charge in [0, 0.05) is 38.4 Å². The van der Waals surface area contributed by atoms with E-state index in [4.69, 9.17) is 16.6 Å². The summed E-state index contributed by atoms with van der Waals surface area (Å²) in [5.74, 6) is 0. The van der Waals surface area contributed by atoms with Crippen molar-refractivity contribution in [2.75, 3.05) is 31.1 Å². The summed E-state index contributed by atoms with van der Waals surface area (Å²) in [6, 6.07) is 2.78. The number of thiazole rings is 1. The lowest BCUT2D eigenvalue weighted by Gasteiger charge is -2.26. The minimum atomic E-state index is 0.509. The molecule has 0 amide bonds. The summed E-state index contributed by atoms with van der Waals surface area (Å²) in [5.41, 5.74) is 5.61. The van der Waals surface area contributed by atoms with Crippen LogP contribution in [-0.2, 0) is 0 Å². The van der Waals surface area contributed by atoms with Crippen LogP contribution in [0.3, 0.4) is 0 Å². The fraction of sp³-hybridized carbons (Fsp3) is 0.524. The molecule has 5 nitrogen and oxygen atoms in total. The Kier molecular flexibility index (Phi) is 5.63. The molecule has 7 heteroatoms. The van der Waals surface area contributed by atoms with Crippen LogP contribution in [-0.4, -0.2) is 40.7 Å². The smallest absolute Gasteiger partial charge is 0.187 e. The predicted octanol–water partition coefficient (Wildman–Crippen LogP) is 5.20. The Bertz CT molecular complexity index is 983. The fourth-order valence-corrected chi connectivity index (χ4v) is 5.47. The van der Waals surface area contributed by atoms with Gasteiger partial charge in [0.15, 0.2) is 10.3 Å². The number of aromatic nitrogens is 3. The van der Waals surface area contributed by atoms with Crippen molar-refractivity contribution in [2.24, 2.45) is 0 Å². The summed E-state index contributed by atoms with van der Waals surface area (Å²) in [6.45, 7) is 12.7. The van der Waals surface area contributed by atoms with Crippen LogP contribution in [0.15, 0.2) is 12.3 Å². The molecule has 0 unspecified atom stereocenters. The highest BCUT2D eigenvalue weighted by Crippen LogP contribution is 2.40. The number of hydrogen-bond donors (Lipinski definition) is 1. The van der Waals surface area contributed by atoms with Crippen molar-refractivity contribution in [1.29, 1.82) is 0 Å². The molecule has 1 aliphatic rings. The quantitative estimate of drug-likeness (QED) is 0.619. The molecule has 3 aromatic rings. The summed E-state index contributed by atoms with van der Waals surface area (Å²) in [4.78, 5) is 13.0. The predicted molar refractivity (Wildman–Crippen MR) is 120 cm³/mol. The lowest BCUT2D eigenvalue weighted by Crippen LogP contribution is -2.43. The average Bonchev–Trinajstić information content (AvgIpc) is 3.23. The molecule has 1 N–H and O–H groups in total. The molecular formula is C21H28ClN5S. The number of piperazine rings is 1. The van der Waals surface area contributed by atoms with Crippen molar-refractivity contribution in [2.45, 2.75) is 46.6 Å². The summed E-state index contributed by atoms with van der Waals surface area (Å²) < 4.78 is 2.40. The number of halogens is 1. The molecule has 0 bridgehead atoms. The van der Waals surface area contributed by atoms with Gasteiger partial charge < -0.3 is 14.8 Å². The van der Waals surface area contributed by atoms with E-state index in [-0.39, 0.29) is 0 Å². The maximum atomic E-state index is 6.57. The Balaban J connectivity index is 1.78. The molecule has 4 rings (SSSR count). The Morgan fingerprint density at radius 1 is 1.14 bits per heavy atom. The van der Waals surface area contributed by atoms with Crippen molar-refractivity contribution in [3.05, 3.63) is 28.5 Å². The molecule has 0 aliphatic carbocycles. The van der Waals surface area contributed by atoms with Gasteiger partial charge in [-0.2, -0.15) is 0 Å². The Morgan fingerprint density at radius 3 is 2.54 bits per heavy atom. The van der Waals surface area contributed by atoms with Crippen molar-refractivity contribution in [1.82, 2.24) is 19.9 Å². The van der Waals surface area contributed by atoms with E-state index in [1.807, 2.05) is 0 Å². The Labute approximate surface area is 175 Å². The second kappa shape index (κ2) is 8.01. The summed E-state index contributed by atoms with van der Waals surface area (Å²) >= 11 is 8.23. The van der Waals surface area contributed by atoms with Crippen molar-refractivity contribution in [3.63, 3.8) is 0 Å². The number of fused-ring (bicyclic) bond motifs is 1. The number of anilines is 1. The standard InChI is InChI=1S/C21H28ClN5S/c1-5-15(6-2)27-12-14(4)17-16(27)11-13(3)18(24-17)19-20(22)25-21(28-19)26-9-7-23-8-10-26/h11-12,15,23H,5-10H2,1-4H3. The average molecular weight is 418 g/mol. The summed E-state index contributed by atoms with van der Waals surface area (Å²) in [5, 5.41) is 4.94. The normalized spacial score (nSPS) is 15.1. The van der Waals surface area contributed by atoms with Gasteiger partial charge >= 0.3 is 0 Å². The highest BCUT2D eigenvalue weighted by atomic mass is 35.5. The third kappa shape index (κ3) is 3.42. The van der Waals surface area contributed by atoms with E-state index < -0.39 is 0 Å². The maximum absolute atomic E-state index is 6.57. The van der Waals surface area contributed by atoms with Gasteiger partial charge in [-0.05, 0) is 43.9 Å². The van der Waals surface area contributed by atoms with Crippen LogP contribution in [0.5, 0.6) is 0 Å². The molecule has 150 valence electrons. The van der Waals surface area contributed by atoms with Crippen molar-refractivity contribution < 1.29 is 0 Å². The largest absolute Gasteiger partial charge is 0.345 e. The zero-order chi connectivity index (χ0) is 19.8. The number of aryl methyl sites for hydroxylation is 2. The first-order valence-corrected chi connectivity index (χ1v) is 11.3. The van der Waals surface area contributed by atoms with E-state index >= 15 is 0 Å². The van der Waals surface area contributed by atoms with E-state index in [0.717, 1.165) is 65.8 Å². The van der Waals surface area contributed by atoms with E-state index in [1.165, 1.54) is 11.1 Å². The first-order valence-electron chi connectivity index (χ1n) is 10.1. The van der Waals surface area contributed by atoms with E-state index in [1.54, 1.807) is 11.3 Å². The van der Waals surface area contributed by atoms with Crippen LogP contribution in [0.1, 0.15) is 43.9 Å². The third-order valence-corrected chi connectivity index (χ3v) is 7.20. The number of rotatable bonds is 5. The zero-order valence-corrected chi connectivity index (χ0v) is 18.6. The monoisotopic (exact) mass is 417 g/mol. The van der Waals surface area contributed by atoms with Gasteiger partial charge in [0.25, 0.3) is 0 Å². The lowest BCUT2D eigenvalue weighted by molar-refractivity contribution is 0.485. The molecule has 0 aromatic carbocycles. The van der Waals surface area contributed by atoms with Crippen molar-refractivity contribution in [3.8, 4) is 10.6 Å². The zero-order valence-electron chi connectivity index (χ0n) is 17.0. The Hall–Kier alpha value is -1.63. The highest BCUT2D eigenvalue weighted by Gasteiger charge is 2.22. The van der Waals surface area contributed by atoms with Crippen LogP contribution >= 0.6 is 22.9 Å². The molecule has 1 saturated heterocycles. The lowest BCUT2D eigenvalue weighted by atomic mass is 10.1. The minimum absolute atomic E-state index is 0.509. The van der Waals surface area contributed by atoms with Gasteiger partial charge in [-0.3, -0.25) is 0 Å². The molecule has 1 aliphatic heterocycles. The first kappa shape index (κ1) is 19.7. The van der Waals surface area contributed by atoms with Gasteiger partial charge in [0.2, 0.25) is 0 Å².